The Morgan fingerprint density at radius 3 is 2.52 bits per heavy atom. The second-order valence-electron chi connectivity index (χ2n) is 7.20. The molecule has 1 fully saturated rings. The molecule has 1 aromatic heterocycles. The average molecular weight is 442 g/mol. The Labute approximate surface area is 184 Å². The molecule has 0 aliphatic carbocycles. The van der Waals surface area contributed by atoms with Crippen LogP contribution in [0.15, 0.2) is 61.1 Å². The number of urea groups is 1. The minimum Gasteiger partial charge on any atom is -0.335 e. The van der Waals surface area contributed by atoms with Gasteiger partial charge in [-0.25, -0.2) is 14.2 Å². The Morgan fingerprint density at radius 2 is 1.74 bits per heavy atom. The van der Waals surface area contributed by atoms with Crippen molar-refractivity contribution in [2.75, 3.05) is 31.5 Å². The fourth-order valence-corrected chi connectivity index (χ4v) is 3.71. The Kier molecular flexibility index (Phi) is 6.18. The van der Waals surface area contributed by atoms with E-state index >= 15 is 0 Å². The van der Waals surface area contributed by atoms with Gasteiger partial charge in [0.2, 0.25) is 0 Å². The standard InChI is InChI=1S/C22H21ClFN5O2/c23-16-3-1-4-18(13-16)26-22(31)28-10-2-9-27(11-12-28)21(30)20-14-25-15-29(20)19-7-5-17(24)6-8-19/h1,3-8,13-15H,2,9-12H2,(H,26,31). The highest BCUT2D eigenvalue weighted by Gasteiger charge is 2.25. The summed E-state index contributed by atoms with van der Waals surface area (Å²) >= 11 is 5.97. The monoisotopic (exact) mass is 441 g/mol. The maximum Gasteiger partial charge on any atom is 0.321 e. The van der Waals surface area contributed by atoms with Crippen LogP contribution < -0.4 is 5.32 Å². The van der Waals surface area contributed by atoms with Crippen LogP contribution in [0, 0.1) is 5.82 Å². The zero-order chi connectivity index (χ0) is 21.8. The Balaban J connectivity index is 1.42. The van der Waals surface area contributed by atoms with Crippen LogP contribution in [0.4, 0.5) is 14.9 Å². The summed E-state index contributed by atoms with van der Waals surface area (Å²) in [6.45, 7) is 1.86. The highest BCUT2D eigenvalue weighted by atomic mass is 35.5. The number of carbonyl (C=O) groups excluding carboxylic acids is 2. The van der Waals surface area contributed by atoms with E-state index in [0.717, 1.165) is 0 Å². The number of halogens is 2. The van der Waals surface area contributed by atoms with E-state index < -0.39 is 0 Å². The zero-order valence-electron chi connectivity index (χ0n) is 16.7. The number of carbonyl (C=O) groups is 2. The van der Waals surface area contributed by atoms with Crippen LogP contribution >= 0.6 is 11.6 Å². The minimum atomic E-state index is -0.347. The van der Waals surface area contributed by atoms with Crippen molar-refractivity contribution in [3.8, 4) is 5.69 Å². The summed E-state index contributed by atoms with van der Waals surface area (Å²) in [7, 11) is 0. The lowest BCUT2D eigenvalue weighted by atomic mass is 10.3. The molecule has 3 aromatic rings. The van der Waals surface area contributed by atoms with Crippen molar-refractivity contribution in [3.05, 3.63) is 77.6 Å². The molecular weight excluding hydrogens is 421 g/mol. The molecule has 9 heteroatoms. The third-order valence-corrected chi connectivity index (χ3v) is 5.34. The van der Waals surface area contributed by atoms with Crippen molar-refractivity contribution in [2.24, 2.45) is 0 Å². The molecular formula is C22H21ClFN5O2. The van der Waals surface area contributed by atoms with Gasteiger partial charge in [-0.05, 0) is 48.9 Å². The van der Waals surface area contributed by atoms with Crippen molar-refractivity contribution in [1.82, 2.24) is 19.4 Å². The highest BCUT2D eigenvalue weighted by Crippen LogP contribution is 2.17. The van der Waals surface area contributed by atoms with Crippen LogP contribution in [0.2, 0.25) is 5.02 Å². The van der Waals surface area contributed by atoms with E-state index in [4.69, 9.17) is 11.6 Å². The molecule has 0 saturated carbocycles. The van der Waals surface area contributed by atoms with Crippen LogP contribution in [-0.2, 0) is 0 Å². The molecule has 0 unspecified atom stereocenters. The predicted octanol–water partition coefficient (Wildman–Crippen LogP) is 4.04. The van der Waals surface area contributed by atoms with Crippen LogP contribution in [-0.4, -0.2) is 57.5 Å². The first-order valence-corrected chi connectivity index (χ1v) is 10.3. The number of aromatic nitrogens is 2. The Bertz CT molecular complexity index is 1090. The number of hydrogen-bond acceptors (Lipinski definition) is 3. The van der Waals surface area contributed by atoms with E-state index in [1.807, 2.05) is 0 Å². The summed E-state index contributed by atoms with van der Waals surface area (Å²) in [4.78, 5) is 33.3. The number of nitrogens with zero attached hydrogens (tertiary/aromatic N) is 4. The fourth-order valence-electron chi connectivity index (χ4n) is 3.52. The van der Waals surface area contributed by atoms with Crippen LogP contribution in [0.5, 0.6) is 0 Å². The first-order valence-electron chi connectivity index (χ1n) is 9.90. The molecule has 1 N–H and O–H groups in total. The van der Waals surface area contributed by atoms with E-state index in [0.29, 0.717) is 54.7 Å². The molecule has 4 rings (SSSR count). The van der Waals surface area contributed by atoms with E-state index in [9.17, 15) is 14.0 Å². The first-order chi connectivity index (χ1) is 15.0. The van der Waals surface area contributed by atoms with Gasteiger partial charge in [-0.2, -0.15) is 0 Å². The number of imidazole rings is 1. The molecule has 0 bridgehead atoms. The molecule has 1 aliphatic rings. The van der Waals surface area contributed by atoms with E-state index in [1.165, 1.54) is 24.7 Å². The van der Waals surface area contributed by atoms with E-state index in [1.54, 1.807) is 50.8 Å². The quantitative estimate of drug-likeness (QED) is 0.666. The molecule has 2 heterocycles. The largest absolute Gasteiger partial charge is 0.335 e. The van der Waals surface area contributed by atoms with Gasteiger partial charge in [-0.1, -0.05) is 17.7 Å². The summed E-state index contributed by atoms with van der Waals surface area (Å²) in [5.74, 6) is -0.528. The first kappa shape index (κ1) is 20.9. The third kappa shape index (κ3) is 4.86. The van der Waals surface area contributed by atoms with Crippen molar-refractivity contribution in [2.45, 2.75) is 6.42 Å². The SMILES string of the molecule is O=C(Nc1cccc(Cl)c1)N1CCCN(C(=O)c2cncn2-c2ccc(F)cc2)CC1. The third-order valence-electron chi connectivity index (χ3n) is 5.11. The predicted molar refractivity (Wildman–Crippen MR) is 116 cm³/mol. The molecule has 0 radical (unpaired) electrons. The Morgan fingerprint density at radius 1 is 1.00 bits per heavy atom. The molecule has 160 valence electrons. The van der Waals surface area contributed by atoms with Crippen LogP contribution in [0.1, 0.15) is 16.9 Å². The number of rotatable bonds is 3. The van der Waals surface area contributed by atoms with E-state index in [2.05, 4.69) is 10.3 Å². The maximum absolute atomic E-state index is 13.2. The molecule has 31 heavy (non-hydrogen) atoms. The molecule has 7 nitrogen and oxygen atoms in total. The summed E-state index contributed by atoms with van der Waals surface area (Å²) in [5, 5.41) is 3.39. The summed E-state index contributed by atoms with van der Waals surface area (Å²) in [6.07, 6.45) is 3.68. The number of amides is 3. The number of nitrogens with one attached hydrogen (secondary N) is 1. The van der Waals surface area contributed by atoms with Crippen molar-refractivity contribution in [1.29, 1.82) is 0 Å². The maximum atomic E-state index is 13.2. The molecule has 2 aromatic carbocycles. The fraction of sp³-hybridized carbons (Fsp3) is 0.227. The van der Waals surface area contributed by atoms with Gasteiger partial charge in [0, 0.05) is 42.6 Å². The number of anilines is 1. The van der Waals surface area contributed by atoms with E-state index in [-0.39, 0.29) is 17.8 Å². The average Bonchev–Trinajstić information content (AvgIpc) is 3.11. The normalized spacial score (nSPS) is 14.3. The molecule has 0 atom stereocenters. The summed E-state index contributed by atoms with van der Waals surface area (Å²) < 4.78 is 14.9. The van der Waals surface area contributed by atoms with Gasteiger partial charge < -0.3 is 15.1 Å². The van der Waals surface area contributed by atoms with Crippen LogP contribution in [0.25, 0.3) is 5.69 Å². The second-order valence-corrected chi connectivity index (χ2v) is 7.64. The molecule has 3 amide bonds. The van der Waals surface area contributed by atoms with Gasteiger partial charge in [0.15, 0.2) is 0 Å². The van der Waals surface area contributed by atoms with Gasteiger partial charge in [-0.15, -0.1) is 0 Å². The zero-order valence-corrected chi connectivity index (χ0v) is 17.4. The minimum absolute atomic E-state index is 0.182. The second kappa shape index (κ2) is 9.18. The smallest absolute Gasteiger partial charge is 0.321 e. The van der Waals surface area contributed by atoms with Crippen molar-refractivity contribution < 1.29 is 14.0 Å². The molecule has 1 saturated heterocycles. The van der Waals surface area contributed by atoms with Gasteiger partial charge in [0.05, 0.1) is 12.5 Å². The van der Waals surface area contributed by atoms with Gasteiger partial charge in [-0.3, -0.25) is 9.36 Å². The lowest BCUT2D eigenvalue weighted by Crippen LogP contribution is -2.39. The van der Waals surface area contributed by atoms with Crippen molar-refractivity contribution in [3.63, 3.8) is 0 Å². The summed E-state index contributed by atoms with van der Waals surface area (Å²) in [6, 6.07) is 12.6. The van der Waals surface area contributed by atoms with Gasteiger partial charge >= 0.3 is 6.03 Å². The van der Waals surface area contributed by atoms with Gasteiger partial charge in [0.1, 0.15) is 11.5 Å². The number of hydrogen-bond donors (Lipinski definition) is 1. The van der Waals surface area contributed by atoms with Crippen molar-refractivity contribution >= 4 is 29.2 Å². The molecule has 0 spiro atoms. The topological polar surface area (TPSA) is 70.5 Å². The molecule has 1 aliphatic heterocycles. The van der Waals surface area contributed by atoms with Gasteiger partial charge in [0.25, 0.3) is 5.91 Å². The lowest BCUT2D eigenvalue weighted by molar-refractivity contribution is 0.0754. The Hall–Kier alpha value is -3.39. The lowest BCUT2D eigenvalue weighted by Gasteiger charge is -2.23. The summed E-state index contributed by atoms with van der Waals surface area (Å²) in [5.41, 5.74) is 1.67. The highest BCUT2D eigenvalue weighted by molar-refractivity contribution is 6.30. The number of benzene rings is 2. The van der Waals surface area contributed by atoms with Crippen LogP contribution in [0.3, 0.4) is 0 Å².